The van der Waals surface area contributed by atoms with E-state index in [2.05, 4.69) is 4.98 Å². The fourth-order valence-corrected chi connectivity index (χ4v) is 0.919. The van der Waals surface area contributed by atoms with Crippen LogP contribution >= 0.6 is 0 Å². The molecule has 0 aliphatic heterocycles. The van der Waals surface area contributed by atoms with Gasteiger partial charge >= 0.3 is 0 Å². The van der Waals surface area contributed by atoms with Gasteiger partial charge in [-0.15, -0.1) is 0 Å². The van der Waals surface area contributed by atoms with Crippen molar-refractivity contribution in [3.05, 3.63) is 24.0 Å². The van der Waals surface area contributed by atoms with Crippen LogP contribution in [0.4, 0.5) is 0 Å². The van der Waals surface area contributed by atoms with Crippen LogP contribution in [0, 0.1) is 0 Å². The first kappa shape index (κ1) is 9.91. The van der Waals surface area contributed by atoms with Crippen molar-refractivity contribution in [1.82, 2.24) is 4.98 Å². The Morgan fingerprint density at radius 2 is 2.08 bits per heavy atom. The highest BCUT2D eigenvalue weighted by atomic mass is 16.4. The molecule has 0 spiro atoms. The van der Waals surface area contributed by atoms with E-state index in [4.69, 9.17) is 10.2 Å². The lowest BCUT2D eigenvalue weighted by Gasteiger charge is -2.15. The molecule has 2 atom stereocenters. The Morgan fingerprint density at radius 1 is 1.38 bits per heavy atom. The average molecular weight is 185 g/mol. The van der Waals surface area contributed by atoms with Crippen LogP contribution < -0.4 is 0 Å². The summed E-state index contributed by atoms with van der Waals surface area (Å²) >= 11 is 0. The van der Waals surface area contributed by atoms with Gasteiger partial charge in [0, 0.05) is 6.20 Å². The van der Waals surface area contributed by atoms with E-state index < -0.39 is 18.8 Å². The third-order valence-corrected chi connectivity index (χ3v) is 1.65. The highest BCUT2D eigenvalue weighted by Crippen LogP contribution is 2.22. The summed E-state index contributed by atoms with van der Waals surface area (Å²) < 4.78 is 0. The van der Waals surface area contributed by atoms with E-state index >= 15 is 0 Å². The lowest BCUT2D eigenvalue weighted by molar-refractivity contribution is -0.0183. The predicted octanol–water partition coefficient (Wildman–Crippen LogP) is -0.826. The van der Waals surface area contributed by atoms with Gasteiger partial charge in [0.2, 0.25) is 0 Å². The zero-order valence-electron chi connectivity index (χ0n) is 6.83. The minimum atomic E-state index is -1.37. The molecule has 4 N–H and O–H groups in total. The first-order valence-corrected chi connectivity index (χ1v) is 3.77. The number of aromatic nitrogens is 1. The van der Waals surface area contributed by atoms with E-state index in [1.54, 1.807) is 0 Å². The normalized spacial score (nSPS) is 15.3. The molecule has 0 fully saturated rings. The first-order chi connectivity index (χ1) is 6.16. The SMILES string of the molecule is OCC(O)C(O)c1ncccc1O. The summed E-state index contributed by atoms with van der Waals surface area (Å²) in [5.41, 5.74) is -0.0379. The fraction of sp³-hybridized carbons (Fsp3) is 0.375. The minimum absolute atomic E-state index is 0.0379. The van der Waals surface area contributed by atoms with Crippen molar-refractivity contribution in [2.45, 2.75) is 12.2 Å². The second-order valence-corrected chi connectivity index (χ2v) is 2.60. The molecule has 0 radical (unpaired) electrons. The summed E-state index contributed by atoms with van der Waals surface area (Å²) in [6, 6.07) is 2.84. The summed E-state index contributed by atoms with van der Waals surface area (Å²) in [5.74, 6) is -0.206. The van der Waals surface area contributed by atoms with Crippen LogP contribution in [-0.2, 0) is 0 Å². The highest BCUT2D eigenvalue weighted by Gasteiger charge is 2.21. The predicted molar refractivity (Wildman–Crippen MR) is 44.0 cm³/mol. The van der Waals surface area contributed by atoms with Crippen LogP contribution in [-0.4, -0.2) is 38.1 Å². The number of nitrogens with zero attached hydrogens (tertiary/aromatic N) is 1. The molecule has 1 heterocycles. The Hall–Kier alpha value is -1.17. The summed E-state index contributed by atoms with van der Waals surface area (Å²) in [4.78, 5) is 3.68. The van der Waals surface area contributed by atoms with Crippen LogP contribution in [0.3, 0.4) is 0 Å². The lowest BCUT2D eigenvalue weighted by atomic mass is 10.1. The number of rotatable bonds is 3. The Bertz CT molecular complexity index is 279. The first-order valence-electron chi connectivity index (χ1n) is 3.77. The summed E-state index contributed by atoms with van der Waals surface area (Å²) in [6.07, 6.45) is -1.32. The molecule has 0 saturated carbocycles. The van der Waals surface area contributed by atoms with Gasteiger partial charge in [-0.3, -0.25) is 4.98 Å². The van der Waals surface area contributed by atoms with Crippen LogP contribution in [0.15, 0.2) is 18.3 Å². The van der Waals surface area contributed by atoms with Crippen molar-refractivity contribution in [2.75, 3.05) is 6.61 Å². The van der Waals surface area contributed by atoms with Gasteiger partial charge in [0.15, 0.2) is 0 Å². The van der Waals surface area contributed by atoms with Gasteiger partial charge in [-0.1, -0.05) is 0 Å². The lowest BCUT2D eigenvalue weighted by Crippen LogP contribution is -2.22. The number of aliphatic hydroxyl groups is 3. The second kappa shape index (κ2) is 4.18. The Balaban J connectivity index is 2.88. The molecular formula is C8H11NO4. The molecule has 0 aromatic carbocycles. The van der Waals surface area contributed by atoms with E-state index in [-0.39, 0.29) is 11.4 Å². The zero-order valence-corrected chi connectivity index (χ0v) is 6.83. The Morgan fingerprint density at radius 3 is 2.62 bits per heavy atom. The quantitative estimate of drug-likeness (QED) is 0.493. The molecule has 0 bridgehead atoms. The smallest absolute Gasteiger partial charge is 0.139 e. The highest BCUT2D eigenvalue weighted by molar-refractivity contribution is 5.27. The molecule has 0 saturated heterocycles. The van der Waals surface area contributed by atoms with E-state index in [1.165, 1.54) is 18.3 Å². The minimum Gasteiger partial charge on any atom is -0.506 e. The molecule has 0 aliphatic carbocycles. The summed E-state index contributed by atoms with van der Waals surface area (Å²) in [5, 5.41) is 36.1. The molecule has 72 valence electrons. The number of hydrogen-bond acceptors (Lipinski definition) is 5. The summed E-state index contributed by atoms with van der Waals surface area (Å²) in [6.45, 7) is -0.586. The van der Waals surface area contributed by atoms with Crippen molar-refractivity contribution in [3.8, 4) is 5.75 Å². The molecule has 2 unspecified atom stereocenters. The van der Waals surface area contributed by atoms with Crippen molar-refractivity contribution in [2.24, 2.45) is 0 Å². The molecule has 1 rings (SSSR count). The van der Waals surface area contributed by atoms with E-state index in [9.17, 15) is 10.2 Å². The molecule has 5 nitrogen and oxygen atoms in total. The summed E-state index contributed by atoms with van der Waals surface area (Å²) in [7, 11) is 0. The van der Waals surface area contributed by atoms with Crippen molar-refractivity contribution in [3.63, 3.8) is 0 Å². The Kier molecular flexibility index (Phi) is 3.18. The van der Waals surface area contributed by atoms with Crippen molar-refractivity contribution < 1.29 is 20.4 Å². The molecular weight excluding hydrogens is 174 g/mol. The second-order valence-electron chi connectivity index (χ2n) is 2.60. The van der Waals surface area contributed by atoms with E-state index in [0.717, 1.165) is 0 Å². The fourth-order valence-electron chi connectivity index (χ4n) is 0.919. The monoisotopic (exact) mass is 185 g/mol. The standard InChI is InChI=1S/C8H11NO4/c10-4-6(12)8(13)7-5(11)2-1-3-9-7/h1-3,6,8,10-13H,4H2. The van der Waals surface area contributed by atoms with Gasteiger partial charge < -0.3 is 20.4 Å². The van der Waals surface area contributed by atoms with Crippen molar-refractivity contribution >= 4 is 0 Å². The molecule has 1 aromatic rings. The van der Waals surface area contributed by atoms with Crippen LogP contribution in [0.5, 0.6) is 5.75 Å². The zero-order chi connectivity index (χ0) is 9.84. The van der Waals surface area contributed by atoms with Gasteiger partial charge in [0.05, 0.1) is 6.61 Å². The van der Waals surface area contributed by atoms with E-state index in [1.807, 2.05) is 0 Å². The molecule has 5 heteroatoms. The number of aliphatic hydroxyl groups excluding tert-OH is 3. The molecule has 13 heavy (non-hydrogen) atoms. The van der Waals surface area contributed by atoms with Gasteiger partial charge in [-0.05, 0) is 12.1 Å². The van der Waals surface area contributed by atoms with Crippen LogP contribution in [0.2, 0.25) is 0 Å². The maximum absolute atomic E-state index is 9.34. The van der Waals surface area contributed by atoms with Crippen molar-refractivity contribution in [1.29, 1.82) is 0 Å². The number of pyridine rings is 1. The Labute approximate surface area is 74.9 Å². The van der Waals surface area contributed by atoms with Gasteiger partial charge in [0.1, 0.15) is 23.7 Å². The molecule has 1 aromatic heterocycles. The average Bonchev–Trinajstić information content (AvgIpc) is 2.16. The van der Waals surface area contributed by atoms with Crippen LogP contribution in [0.1, 0.15) is 11.8 Å². The van der Waals surface area contributed by atoms with Crippen LogP contribution in [0.25, 0.3) is 0 Å². The largest absolute Gasteiger partial charge is 0.506 e. The third-order valence-electron chi connectivity index (χ3n) is 1.65. The van der Waals surface area contributed by atoms with E-state index in [0.29, 0.717) is 0 Å². The molecule has 0 amide bonds. The maximum atomic E-state index is 9.34. The topological polar surface area (TPSA) is 93.8 Å². The number of aromatic hydroxyl groups is 1. The number of hydrogen-bond donors (Lipinski definition) is 4. The maximum Gasteiger partial charge on any atom is 0.139 e. The molecule has 0 aliphatic rings. The van der Waals surface area contributed by atoms with Gasteiger partial charge in [-0.2, -0.15) is 0 Å². The van der Waals surface area contributed by atoms with Gasteiger partial charge in [-0.25, -0.2) is 0 Å². The third kappa shape index (κ3) is 2.15. The van der Waals surface area contributed by atoms with Gasteiger partial charge in [0.25, 0.3) is 0 Å².